The number of fused-ring (bicyclic) bond motifs is 3. The van der Waals surface area contributed by atoms with Crippen LogP contribution in [0.3, 0.4) is 0 Å². The van der Waals surface area contributed by atoms with Crippen molar-refractivity contribution < 1.29 is 48.5 Å². The van der Waals surface area contributed by atoms with Crippen LogP contribution in [0, 0.1) is 0 Å². The normalized spacial score (nSPS) is 10.4. The zero-order valence-electron chi connectivity index (χ0n) is 22.5. The number of carbonyl (C=O) groups is 3. The summed E-state index contributed by atoms with van der Waals surface area (Å²) in [4.78, 5) is 40.1. The van der Waals surface area contributed by atoms with Gasteiger partial charge in [0.1, 0.15) is 0 Å². The maximum absolute atomic E-state index is 13.4. The van der Waals surface area contributed by atoms with E-state index in [9.17, 15) is 14.4 Å². The van der Waals surface area contributed by atoms with E-state index < -0.39 is 36.9 Å². The molecule has 0 aromatic heterocycles. The molecule has 0 saturated carbocycles. The van der Waals surface area contributed by atoms with Crippen molar-refractivity contribution in [3.8, 4) is 0 Å². The zero-order valence-corrected chi connectivity index (χ0v) is 24.0. The van der Waals surface area contributed by atoms with Crippen molar-refractivity contribution in [2.24, 2.45) is 0 Å². The minimum absolute atomic E-state index is 0.283. The Labute approximate surface area is 249 Å². The van der Waals surface area contributed by atoms with Gasteiger partial charge in [-0.25, -0.2) is 0 Å². The second kappa shape index (κ2) is 13.2. The fourth-order valence-electron chi connectivity index (χ4n) is 4.66. The molecule has 0 unspecified atom stereocenters. The van der Waals surface area contributed by atoms with E-state index in [0.717, 1.165) is 23.3 Å². The third-order valence-corrected chi connectivity index (χ3v) is 8.21. The van der Waals surface area contributed by atoms with Crippen molar-refractivity contribution in [2.75, 3.05) is 7.11 Å². The van der Waals surface area contributed by atoms with Gasteiger partial charge in [-0.1, -0.05) is 0 Å². The van der Waals surface area contributed by atoms with Crippen LogP contribution in [-0.4, -0.2) is 25.0 Å². The van der Waals surface area contributed by atoms with Crippen molar-refractivity contribution >= 4 is 50.2 Å². The molecule has 42 heavy (non-hydrogen) atoms. The van der Waals surface area contributed by atoms with Crippen LogP contribution in [0.1, 0.15) is 31.1 Å². The van der Waals surface area contributed by atoms with E-state index >= 15 is 0 Å². The Morgan fingerprint density at radius 3 is 1.00 bits per heavy atom. The van der Waals surface area contributed by atoms with Gasteiger partial charge in [0.2, 0.25) is 0 Å². The molecular weight excluding hydrogens is 568 g/mol. The first kappa shape index (κ1) is 28.7. The molecule has 0 aliphatic heterocycles. The van der Waals surface area contributed by atoms with Gasteiger partial charge >= 0.3 is 238 Å². The monoisotopic (exact) mass is 592 g/mol. The summed E-state index contributed by atoms with van der Waals surface area (Å²) in [6, 6.07) is 37.8. The van der Waals surface area contributed by atoms with Crippen LogP contribution in [0.15, 0.2) is 127 Å². The molecule has 7 nitrogen and oxygen atoms in total. The van der Waals surface area contributed by atoms with Gasteiger partial charge in [0.25, 0.3) is 0 Å². The predicted octanol–water partition coefficient (Wildman–Crippen LogP) is 6.36. The predicted molar refractivity (Wildman–Crippen MR) is 154 cm³/mol. The van der Waals surface area contributed by atoms with E-state index in [1.54, 1.807) is 54.6 Å². The van der Waals surface area contributed by atoms with Crippen LogP contribution in [0.5, 0.6) is 0 Å². The summed E-state index contributed by atoms with van der Waals surface area (Å²) in [5.41, 5.74) is 0.849. The van der Waals surface area contributed by atoms with Gasteiger partial charge in [-0.15, -0.1) is 0 Å². The molecule has 0 radical (unpaired) electrons. The van der Waals surface area contributed by atoms with E-state index in [1.165, 1.54) is 0 Å². The Hall–Kier alpha value is -4.82. The van der Waals surface area contributed by atoms with Crippen LogP contribution in [-0.2, 0) is 29.0 Å². The molecule has 0 atom stereocenters. The minimum atomic E-state index is -4.06. The van der Waals surface area contributed by atoms with Gasteiger partial charge < -0.3 is 5.11 Å². The standard InChI is InChI=1S/3C11H8O2.CH3O.Ti/c3*12-11(13)10-7-3-5-8-4-1-2-6-9(8)10;1-2;/h3*1-7H,(H,12,13);1H3;/q;;;-1;+4/p-3. The Balaban J connectivity index is 0.00000173. The summed E-state index contributed by atoms with van der Waals surface area (Å²) in [5.74, 6) is -2.20. The second-order valence-electron chi connectivity index (χ2n) is 9.00. The zero-order chi connectivity index (χ0) is 29.5. The summed E-state index contributed by atoms with van der Waals surface area (Å²) in [7, 11) is 0.750. The molecule has 0 amide bonds. The molecule has 0 saturated heterocycles. The maximum atomic E-state index is 13.4. The third-order valence-electron chi connectivity index (χ3n) is 6.56. The Morgan fingerprint density at radius 2 is 0.690 bits per heavy atom. The fraction of sp³-hybridized carbons (Fsp3) is 0.0294. The van der Waals surface area contributed by atoms with Crippen molar-refractivity contribution in [2.45, 2.75) is 0 Å². The average Bonchev–Trinajstić information content (AvgIpc) is 3.04. The SMILES string of the molecule is C[O-].O=C([O][Ti+]([O]C(=O)c1cccc2ccccc12)[O]C(=O)c1cccc2ccccc12)c1cccc2ccccc12. The molecule has 0 aliphatic rings. The Bertz CT molecular complexity index is 1680. The van der Waals surface area contributed by atoms with E-state index in [1.807, 2.05) is 72.8 Å². The summed E-state index contributed by atoms with van der Waals surface area (Å²) in [6.07, 6.45) is 0. The van der Waals surface area contributed by atoms with Gasteiger partial charge in [0, 0.05) is 0 Å². The number of rotatable bonds is 6. The number of hydrogen-bond acceptors (Lipinski definition) is 7. The Kier molecular flexibility index (Phi) is 9.04. The summed E-state index contributed by atoms with van der Waals surface area (Å²) < 4.78 is 17.1. The van der Waals surface area contributed by atoms with Crippen LogP contribution in [0.2, 0.25) is 0 Å². The van der Waals surface area contributed by atoms with Crippen molar-refractivity contribution in [3.63, 3.8) is 0 Å². The topological polar surface area (TPSA) is 102 Å². The van der Waals surface area contributed by atoms with Gasteiger partial charge in [-0.05, 0) is 0 Å². The van der Waals surface area contributed by atoms with Crippen LogP contribution < -0.4 is 5.11 Å². The van der Waals surface area contributed by atoms with Crippen molar-refractivity contribution in [1.29, 1.82) is 0 Å². The number of hydrogen-bond donors (Lipinski definition) is 0. The van der Waals surface area contributed by atoms with Crippen LogP contribution >= 0.6 is 0 Å². The number of carbonyl (C=O) groups excluding carboxylic acids is 3. The average molecular weight is 592 g/mol. The van der Waals surface area contributed by atoms with Gasteiger partial charge in [0.15, 0.2) is 0 Å². The molecule has 6 aromatic rings. The molecule has 0 N–H and O–H groups in total. The van der Waals surface area contributed by atoms with Crippen molar-refractivity contribution in [3.05, 3.63) is 144 Å². The summed E-state index contributed by atoms with van der Waals surface area (Å²) in [5, 5.41) is 12.8. The summed E-state index contributed by atoms with van der Waals surface area (Å²) in [6.45, 7) is 0. The first-order valence-corrected chi connectivity index (χ1v) is 14.9. The number of benzene rings is 6. The van der Waals surface area contributed by atoms with E-state index in [0.29, 0.717) is 16.2 Å². The molecule has 0 fully saturated rings. The molecule has 8 heteroatoms. The molecule has 0 aliphatic carbocycles. The van der Waals surface area contributed by atoms with Crippen LogP contribution in [0.25, 0.3) is 32.3 Å². The first-order valence-electron chi connectivity index (χ1n) is 13.0. The van der Waals surface area contributed by atoms with E-state index in [-0.39, 0.29) is 16.7 Å². The van der Waals surface area contributed by atoms with Crippen molar-refractivity contribution in [1.82, 2.24) is 0 Å². The molecule has 206 valence electrons. The molecule has 0 bridgehead atoms. The molecule has 0 heterocycles. The van der Waals surface area contributed by atoms with E-state index in [4.69, 9.17) is 15.1 Å². The van der Waals surface area contributed by atoms with Crippen LogP contribution in [0.4, 0.5) is 0 Å². The third kappa shape index (κ3) is 6.09. The second-order valence-corrected chi connectivity index (χ2v) is 10.7. The first-order chi connectivity index (χ1) is 20.6. The molecule has 6 rings (SSSR count). The molecule has 6 aromatic carbocycles. The van der Waals surface area contributed by atoms with E-state index in [2.05, 4.69) is 0 Å². The quantitative estimate of drug-likeness (QED) is 0.208. The summed E-state index contributed by atoms with van der Waals surface area (Å²) >= 11 is -4.06. The molecular formula is C34H24O7Ti. The fourth-order valence-corrected chi connectivity index (χ4v) is 6.08. The molecule has 0 spiro atoms. The van der Waals surface area contributed by atoms with Gasteiger partial charge in [-0.2, -0.15) is 7.11 Å². The van der Waals surface area contributed by atoms with Gasteiger partial charge in [0.05, 0.1) is 0 Å². The Morgan fingerprint density at radius 1 is 0.429 bits per heavy atom. The van der Waals surface area contributed by atoms with Gasteiger partial charge in [-0.3, -0.25) is 0 Å².